The second-order valence-electron chi connectivity index (χ2n) is 4.57. The Hall–Kier alpha value is -2.69. The van der Waals surface area contributed by atoms with Gasteiger partial charge < -0.3 is 4.74 Å². The normalized spacial score (nSPS) is 10.7. The molecule has 2 aromatic carbocycles. The van der Waals surface area contributed by atoms with Crippen molar-refractivity contribution in [3.63, 3.8) is 0 Å². The standard InChI is InChI=1S/C16H14N2O4S/c17-10-13-6-4-5-7-14(13)12-22-16(19)11-18-23(20,21)15-8-2-1-3-9-15/h1-9,18H,11-12H2. The summed E-state index contributed by atoms with van der Waals surface area (Å²) in [5, 5.41) is 8.94. The van der Waals surface area contributed by atoms with Crippen molar-refractivity contribution in [1.82, 2.24) is 4.72 Å². The first-order valence-corrected chi connectivity index (χ1v) is 8.19. The summed E-state index contributed by atoms with van der Waals surface area (Å²) in [4.78, 5) is 11.7. The molecule has 0 fully saturated rings. The highest BCUT2D eigenvalue weighted by Gasteiger charge is 2.15. The molecular formula is C16H14N2O4S. The highest BCUT2D eigenvalue weighted by molar-refractivity contribution is 7.89. The monoisotopic (exact) mass is 330 g/mol. The van der Waals surface area contributed by atoms with Gasteiger partial charge in [-0.05, 0) is 18.2 Å². The molecule has 0 heterocycles. The Morgan fingerprint density at radius 1 is 1.09 bits per heavy atom. The molecule has 7 heteroatoms. The predicted octanol–water partition coefficient (Wildman–Crippen LogP) is 1.58. The molecule has 0 bridgehead atoms. The van der Waals surface area contributed by atoms with Gasteiger partial charge in [0.05, 0.1) is 16.5 Å². The zero-order chi connectivity index (χ0) is 16.7. The summed E-state index contributed by atoms with van der Waals surface area (Å²) in [6.45, 7) is -0.568. The summed E-state index contributed by atoms with van der Waals surface area (Å²) in [6.07, 6.45) is 0. The van der Waals surface area contributed by atoms with Crippen molar-refractivity contribution in [3.05, 3.63) is 65.7 Å². The van der Waals surface area contributed by atoms with Crippen molar-refractivity contribution in [1.29, 1.82) is 5.26 Å². The van der Waals surface area contributed by atoms with Gasteiger partial charge in [0.2, 0.25) is 10.0 Å². The highest BCUT2D eigenvalue weighted by Crippen LogP contribution is 2.09. The van der Waals surface area contributed by atoms with Crippen LogP contribution in [-0.4, -0.2) is 20.9 Å². The number of sulfonamides is 1. The third-order valence-corrected chi connectivity index (χ3v) is 4.40. The number of rotatable bonds is 6. The molecule has 0 unspecified atom stereocenters. The molecule has 2 rings (SSSR count). The molecule has 0 spiro atoms. The number of carbonyl (C=O) groups is 1. The number of benzene rings is 2. The van der Waals surface area contributed by atoms with Gasteiger partial charge >= 0.3 is 5.97 Å². The number of esters is 1. The summed E-state index contributed by atoms with van der Waals surface area (Å²) >= 11 is 0. The van der Waals surface area contributed by atoms with E-state index in [0.29, 0.717) is 11.1 Å². The van der Waals surface area contributed by atoms with Crippen LogP contribution < -0.4 is 4.72 Å². The average molecular weight is 330 g/mol. The minimum absolute atomic E-state index is 0.0719. The summed E-state index contributed by atoms with van der Waals surface area (Å²) in [6, 6.07) is 16.4. The minimum atomic E-state index is -3.75. The van der Waals surface area contributed by atoms with E-state index >= 15 is 0 Å². The Morgan fingerprint density at radius 3 is 2.43 bits per heavy atom. The molecular weight excluding hydrogens is 316 g/mol. The van der Waals surface area contributed by atoms with Gasteiger partial charge in [-0.2, -0.15) is 9.98 Å². The zero-order valence-electron chi connectivity index (χ0n) is 12.1. The van der Waals surface area contributed by atoms with Crippen LogP contribution in [0.15, 0.2) is 59.5 Å². The molecule has 0 aromatic heterocycles. The van der Waals surface area contributed by atoms with Crippen molar-refractivity contribution < 1.29 is 17.9 Å². The maximum Gasteiger partial charge on any atom is 0.321 e. The van der Waals surface area contributed by atoms with Gasteiger partial charge in [0, 0.05) is 5.56 Å². The third kappa shape index (κ3) is 4.64. The van der Waals surface area contributed by atoms with Crippen LogP contribution in [0.4, 0.5) is 0 Å². The predicted molar refractivity (Wildman–Crippen MR) is 82.6 cm³/mol. The van der Waals surface area contributed by atoms with Crippen LogP contribution in [-0.2, 0) is 26.2 Å². The molecule has 23 heavy (non-hydrogen) atoms. The number of carbonyl (C=O) groups excluding carboxylic acids is 1. The molecule has 0 amide bonds. The second-order valence-corrected chi connectivity index (χ2v) is 6.33. The van der Waals surface area contributed by atoms with Crippen molar-refractivity contribution >= 4 is 16.0 Å². The fraction of sp³-hybridized carbons (Fsp3) is 0.125. The van der Waals surface area contributed by atoms with Gasteiger partial charge in [-0.1, -0.05) is 36.4 Å². The minimum Gasteiger partial charge on any atom is -0.460 e. The Kier molecular flexibility index (Phi) is 5.46. The van der Waals surface area contributed by atoms with Gasteiger partial charge in [-0.15, -0.1) is 0 Å². The molecule has 0 saturated heterocycles. The Morgan fingerprint density at radius 2 is 1.74 bits per heavy atom. The number of ether oxygens (including phenoxy) is 1. The fourth-order valence-electron chi connectivity index (χ4n) is 1.80. The molecule has 0 saturated carbocycles. The lowest BCUT2D eigenvalue weighted by Gasteiger charge is -2.08. The molecule has 118 valence electrons. The third-order valence-electron chi connectivity index (χ3n) is 2.99. The van der Waals surface area contributed by atoms with Crippen molar-refractivity contribution in [3.8, 4) is 6.07 Å². The number of nitrogens with zero attached hydrogens (tertiary/aromatic N) is 1. The van der Waals surface area contributed by atoms with E-state index in [2.05, 4.69) is 4.72 Å². The van der Waals surface area contributed by atoms with Crippen molar-refractivity contribution in [2.24, 2.45) is 0 Å². The Bertz CT molecular complexity index is 827. The lowest BCUT2D eigenvalue weighted by molar-refractivity contribution is -0.143. The largest absolute Gasteiger partial charge is 0.460 e. The van der Waals surface area contributed by atoms with Gasteiger partial charge in [-0.25, -0.2) is 8.42 Å². The average Bonchev–Trinajstić information content (AvgIpc) is 2.59. The summed E-state index contributed by atoms with van der Waals surface area (Å²) in [5.41, 5.74) is 0.972. The van der Waals surface area contributed by atoms with Crippen LogP contribution in [0, 0.1) is 11.3 Å². The maximum absolute atomic E-state index is 11.9. The zero-order valence-corrected chi connectivity index (χ0v) is 12.9. The molecule has 2 aromatic rings. The van der Waals surface area contributed by atoms with Crippen LogP contribution in [0.1, 0.15) is 11.1 Å². The topological polar surface area (TPSA) is 96.3 Å². The first-order chi connectivity index (χ1) is 11.0. The van der Waals surface area contributed by atoms with E-state index in [-0.39, 0.29) is 11.5 Å². The molecule has 6 nitrogen and oxygen atoms in total. The van der Waals surface area contributed by atoms with Crippen LogP contribution in [0.3, 0.4) is 0 Å². The Balaban J connectivity index is 1.90. The van der Waals surface area contributed by atoms with Crippen molar-refractivity contribution in [2.45, 2.75) is 11.5 Å². The van der Waals surface area contributed by atoms with E-state index in [1.807, 2.05) is 6.07 Å². The summed E-state index contributed by atoms with van der Waals surface area (Å²) in [5.74, 6) is -0.725. The molecule has 0 aliphatic heterocycles. The highest BCUT2D eigenvalue weighted by atomic mass is 32.2. The smallest absolute Gasteiger partial charge is 0.321 e. The Labute approximate surface area is 134 Å². The van der Waals surface area contributed by atoms with E-state index in [9.17, 15) is 13.2 Å². The van der Waals surface area contributed by atoms with Crippen LogP contribution in [0.25, 0.3) is 0 Å². The molecule has 0 radical (unpaired) electrons. The van der Waals surface area contributed by atoms with Crippen molar-refractivity contribution in [2.75, 3.05) is 6.54 Å². The lowest BCUT2D eigenvalue weighted by Crippen LogP contribution is -2.30. The second kappa shape index (κ2) is 7.54. The van der Waals surface area contributed by atoms with E-state index < -0.39 is 22.5 Å². The summed E-state index contributed by atoms with van der Waals surface area (Å²) in [7, 11) is -3.75. The SMILES string of the molecule is N#Cc1ccccc1COC(=O)CNS(=O)(=O)c1ccccc1. The number of hydrogen-bond acceptors (Lipinski definition) is 5. The van der Waals surface area contributed by atoms with E-state index in [1.54, 1.807) is 42.5 Å². The molecule has 0 atom stereocenters. The first-order valence-electron chi connectivity index (χ1n) is 6.71. The first kappa shape index (κ1) is 16.7. The quantitative estimate of drug-likeness (QED) is 0.811. The summed E-state index contributed by atoms with van der Waals surface area (Å²) < 4.78 is 31.1. The number of nitrogens with one attached hydrogen (secondary N) is 1. The van der Waals surface area contributed by atoms with E-state index in [4.69, 9.17) is 10.00 Å². The number of hydrogen-bond donors (Lipinski definition) is 1. The van der Waals surface area contributed by atoms with Gasteiger partial charge in [0.1, 0.15) is 13.2 Å². The fourth-order valence-corrected chi connectivity index (χ4v) is 2.79. The van der Waals surface area contributed by atoms with Crippen LogP contribution >= 0.6 is 0 Å². The van der Waals surface area contributed by atoms with Gasteiger partial charge in [-0.3, -0.25) is 4.79 Å². The molecule has 1 N–H and O–H groups in total. The lowest BCUT2D eigenvalue weighted by atomic mass is 10.1. The van der Waals surface area contributed by atoms with Gasteiger partial charge in [0.15, 0.2) is 0 Å². The molecule has 0 aliphatic rings. The van der Waals surface area contributed by atoms with E-state index in [1.165, 1.54) is 12.1 Å². The van der Waals surface area contributed by atoms with Crippen LogP contribution in [0.2, 0.25) is 0 Å². The molecule has 0 aliphatic carbocycles. The van der Waals surface area contributed by atoms with Crippen LogP contribution in [0.5, 0.6) is 0 Å². The number of nitriles is 1. The maximum atomic E-state index is 11.9. The van der Waals surface area contributed by atoms with E-state index in [0.717, 1.165) is 0 Å². The van der Waals surface area contributed by atoms with Gasteiger partial charge in [0.25, 0.3) is 0 Å².